The average Bonchev–Trinajstić information content (AvgIpc) is 2.88. The Hall–Kier alpha value is -2.14. The number of amidine groups is 1. The van der Waals surface area contributed by atoms with E-state index in [0.717, 1.165) is 37.6 Å². The summed E-state index contributed by atoms with van der Waals surface area (Å²) in [7, 11) is 0. The molecule has 3 N–H and O–H groups in total. The molecule has 0 saturated carbocycles. The number of hydrogen-bond acceptors (Lipinski definition) is 3. The lowest BCUT2D eigenvalue weighted by molar-refractivity contribution is 0.208. The summed E-state index contributed by atoms with van der Waals surface area (Å²) in [5.74, 6) is 1.26. The third-order valence-corrected chi connectivity index (χ3v) is 3.87. The smallest absolute Gasteiger partial charge is 0.122 e. The third kappa shape index (κ3) is 2.44. The van der Waals surface area contributed by atoms with E-state index < -0.39 is 0 Å². The first kappa shape index (κ1) is 12.9. The molecule has 0 bridgehead atoms. The summed E-state index contributed by atoms with van der Waals surface area (Å²) in [5, 5.41) is 7.48. The van der Waals surface area contributed by atoms with Crippen molar-refractivity contribution in [3.8, 4) is 0 Å². The maximum absolute atomic E-state index is 7.48. The molecule has 5 heteroatoms. The maximum Gasteiger partial charge on any atom is 0.122 e. The van der Waals surface area contributed by atoms with Crippen LogP contribution in [0.5, 0.6) is 0 Å². The van der Waals surface area contributed by atoms with E-state index in [-0.39, 0.29) is 5.84 Å². The zero-order chi connectivity index (χ0) is 14.1. The molecular weight excluding hydrogens is 250 g/mol. The van der Waals surface area contributed by atoms with Gasteiger partial charge >= 0.3 is 0 Å². The van der Waals surface area contributed by atoms with Crippen molar-refractivity contribution in [1.82, 2.24) is 14.5 Å². The number of nitrogens with one attached hydrogen (secondary N) is 1. The van der Waals surface area contributed by atoms with Gasteiger partial charge in [-0.3, -0.25) is 10.3 Å². The van der Waals surface area contributed by atoms with Gasteiger partial charge in [-0.05, 0) is 24.1 Å². The number of hydrogen-bond donors (Lipinski definition) is 2. The van der Waals surface area contributed by atoms with Crippen molar-refractivity contribution >= 4 is 5.84 Å². The van der Waals surface area contributed by atoms with Gasteiger partial charge in [0.25, 0.3) is 0 Å². The summed E-state index contributed by atoms with van der Waals surface area (Å²) in [4.78, 5) is 6.79. The number of fused-ring (bicyclic) bond motifs is 1. The van der Waals surface area contributed by atoms with Crippen LogP contribution in [0.3, 0.4) is 0 Å². The van der Waals surface area contributed by atoms with Crippen LogP contribution in [0.4, 0.5) is 0 Å². The minimum atomic E-state index is 0.125. The van der Waals surface area contributed by atoms with Crippen LogP contribution in [0.1, 0.15) is 22.5 Å². The predicted molar refractivity (Wildman–Crippen MR) is 78.5 cm³/mol. The molecule has 1 aliphatic heterocycles. The number of rotatable bonds is 3. The second-order valence-corrected chi connectivity index (χ2v) is 5.30. The molecule has 2 heterocycles. The van der Waals surface area contributed by atoms with Gasteiger partial charge in [0.1, 0.15) is 11.7 Å². The van der Waals surface area contributed by atoms with E-state index in [1.807, 2.05) is 24.5 Å². The van der Waals surface area contributed by atoms with Gasteiger partial charge in [0.2, 0.25) is 0 Å². The number of nitrogens with two attached hydrogens (primary N) is 1. The Bertz CT molecular complexity index is 643. The molecule has 1 aliphatic rings. The molecule has 2 aromatic rings. The fourth-order valence-corrected chi connectivity index (χ4v) is 2.64. The molecular formula is C15H19N5. The summed E-state index contributed by atoms with van der Waals surface area (Å²) in [6.07, 6.45) is 3.91. The van der Waals surface area contributed by atoms with Gasteiger partial charge in [0.05, 0.1) is 6.54 Å². The van der Waals surface area contributed by atoms with Crippen LogP contribution >= 0.6 is 0 Å². The number of aromatic nitrogens is 2. The van der Waals surface area contributed by atoms with E-state index in [0.29, 0.717) is 0 Å². The molecule has 0 radical (unpaired) electrons. The maximum atomic E-state index is 7.48. The quantitative estimate of drug-likeness (QED) is 0.655. The Morgan fingerprint density at radius 1 is 1.40 bits per heavy atom. The predicted octanol–water partition coefficient (Wildman–Crippen LogP) is 1.49. The summed E-state index contributed by atoms with van der Waals surface area (Å²) in [6.45, 7) is 5.92. The zero-order valence-electron chi connectivity index (χ0n) is 11.6. The van der Waals surface area contributed by atoms with Crippen LogP contribution in [0.2, 0.25) is 0 Å². The lowest BCUT2D eigenvalue weighted by atomic mass is 10.0. The first-order chi connectivity index (χ1) is 9.63. The number of nitrogens with zero attached hydrogens (tertiary/aromatic N) is 3. The standard InChI is InChI=1S/C15H19N5/c1-11-8-12(15(16)17)2-3-13(11)9-19-6-7-20-5-4-18-14(20)10-19/h2-5,8H,6-7,9-10H2,1H3,(H3,16,17). The average molecular weight is 269 g/mol. The highest BCUT2D eigenvalue weighted by Gasteiger charge is 2.17. The highest BCUT2D eigenvalue weighted by molar-refractivity contribution is 5.95. The summed E-state index contributed by atoms with van der Waals surface area (Å²) < 4.78 is 2.21. The van der Waals surface area contributed by atoms with E-state index in [2.05, 4.69) is 27.4 Å². The fourth-order valence-electron chi connectivity index (χ4n) is 2.64. The van der Waals surface area contributed by atoms with Crippen molar-refractivity contribution in [2.24, 2.45) is 5.73 Å². The Kier molecular flexibility index (Phi) is 3.28. The molecule has 1 aromatic heterocycles. The van der Waals surface area contributed by atoms with Gasteiger partial charge in [-0.2, -0.15) is 0 Å². The molecule has 104 valence electrons. The summed E-state index contributed by atoms with van der Waals surface area (Å²) in [5.41, 5.74) is 8.79. The molecule has 5 nitrogen and oxygen atoms in total. The molecule has 0 atom stereocenters. The summed E-state index contributed by atoms with van der Waals surface area (Å²) in [6, 6.07) is 5.99. The van der Waals surface area contributed by atoms with Gasteiger partial charge in [0.15, 0.2) is 0 Å². The molecule has 0 saturated heterocycles. The first-order valence-corrected chi connectivity index (χ1v) is 6.80. The Morgan fingerprint density at radius 3 is 3.00 bits per heavy atom. The number of imidazole rings is 1. The Labute approximate surface area is 118 Å². The van der Waals surface area contributed by atoms with Crippen LogP contribution in [0.25, 0.3) is 0 Å². The van der Waals surface area contributed by atoms with Crippen molar-refractivity contribution in [2.45, 2.75) is 26.6 Å². The second kappa shape index (κ2) is 5.09. The molecule has 0 unspecified atom stereocenters. The minimum absolute atomic E-state index is 0.125. The third-order valence-electron chi connectivity index (χ3n) is 3.87. The van der Waals surface area contributed by atoms with Gasteiger partial charge in [0, 0.05) is 37.6 Å². The summed E-state index contributed by atoms with van der Waals surface area (Å²) >= 11 is 0. The second-order valence-electron chi connectivity index (χ2n) is 5.30. The number of benzene rings is 1. The normalized spacial score (nSPS) is 15.1. The molecule has 0 amide bonds. The first-order valence-electron chi connectivity index (χ1n) is 6.80. The van der Waals surface area contributed by atoms with Crippen LogP contribution in [-0.4, -0.2) is 26.8 Å². The molecule has 3 rings (SSSR count). The van der Waals surface area contributed by atoms with Gasteiger partial charge in [-0.1, -0.05) is 12.1 Å². The lowest BCUT2D eigenvalue weighted by Crippen LogP contribution is -2.33. The van der Waals surface area contributed by atoms with Crippen molar-refractivity contribution in [3.05, 3.63) is 53.1 Å². The number of aryl methyl sites for hydroxylation is 1. The van der Waals surface area contributed by atoms with Crippen molar-refractivity contribution in [3.63, 3.8) is 0 Å². The van der Waals surface area contributed by atoms with Crippen molar-refractivity contribution < 1.29 is 0 Å². The lowest BCUT2D eigenvalue weighted by Gasteiger charge is -2.28. The molecule has 0 fully saturated rings. The molecule has 1 aromatic carbocycles. The van der Waals surface area contributed by atoms with Gasteiger partial charge in [-0.15, -0.1) is 0 Å². The van der Waals surface area contributed by atoms with E-state index in [4.69, 9.17) is 11.1 Å². The van der Waals surface area contributed by atoms with E-state index in [1.165, 1.54) is 11.1 Å². The monoisotopic (exact) mass is 269 g/mol. The highest BCUT2D eigenvalue weighted by atomic mass is 15.2. The zero-order valence-corrected chi connectivity index (χ0v) is 11.6. The van der Waals surface area contributed by atoms with Crippen LogP contribution in [0, 0.1) is 12.3 Å². The van der Waals surface area contributed by atoms with Gasteiger partial charge in [-0.25, -0.2) is 4.98 Å². The fraction of sp³-hybridized carbons (Fsp3) is 0.333. The Morgan fingerprint density at radius 2 is 2.25 bits per heavy atom. The molecule has 0 spiro atoms. The van der Waals surface area contributed by atoms with E-state index >= 15 is 0 Å². The Balaban J connectivity index is 1.74. The number of nitrogen functional groups attached to an aromatic ring is 1. The highest BCUT2D eigenvalue weighted by Crippen LogP contribution is 2.17. The van der Waals surface area contributed by atoms with Crippen LogP contribution in [0.15, 0.2) is 30.6 Å². The van der Waals surface area contributed by atoms with E-state index in [1.54, 1.807) is 0 Å². The largest absolute Gasteiger partial charge is 0.384 e. The van der Waals surface area contributed by atoms with E-state index in [9.17, 15) is 0 Å². The molecule has 20 heavy (non-hydrogen) atoms. The van der Waals surface area contributed by atoms with Crippen LogP contribution in [-0.2, 0) is 19.6 Å². The van der Waals surface area contributed by atoms with Crippen molar-refractivity contribution in [2.75, 3.05) is 6.54 Å². The topological polar surface area (TPSA) is 70.9 Å². The SMILES string of the molecule is Cc1cc(C(=N)N)ccc1CN1CCn2ccnc2C1. The van der Waals surface area contributed by atoms with Crippen LogP contribution < -0.4 is 5.73 Å². The van der Waals surface area contributed by atoms with Gasteiger partial charge < -0.3 is 10.3 Å². The minimum Gasteiger partial charge on any atom is -0.384 e. The molecule has 0 aliphatic carbocycles. The van der Waals surface area contributed by atoms with Crippen molar-refractivity contribution in [1.29, 1.82) is 5.41 Å².